The van der Waals surface area contributed by atoms with Crippen molar-refractivity contribution in [3.8, 4) is 0 Å². The molecule has 2 aromatic rings. The summed E-state index contributed by atoms with van der Waals surface area (Å²) in [6, 6.07) is 12.4. The van der Waals surface area contributed by atoms with Gasteiger partial charge in [-0.2, -0.15) is 0 Å². The highest BCUT2D eigenvalue weighted by atomic mass is 32.2. The third-order valence-corrected chi connectivity index (χ3v) is 6.55. The fourth-order valence-electron chi connectivity index (χ4n) is 4.22. The average Bonchev–Trinajstić information content (AvgIpc) is 2.65. The second kappa shape index (κ2) is 9.14. The maximum Gasteiger partial charge on any atom is 0.288 e. The van der Waals surface area contributed by atoms with Gasteiger partial charge in [-0.15, -0.1) is 0 Å². The number of piperidine rings is 1. The van der Waals surface area contributed by atoms with Crippen molar-refractivity contribution in [3.63, 3.8) is 0 Å². The highest BCUT2D eigenvalue weighted by Gasteiger charge is 2.23. The lowest BCUT2D eigenvalue weighted by atomic mass is 9.91. The Balaban J connectivity index is 1.63. The first-order valence-corrected chi connectivity index (χ1v) is 12.0. The molecule has 1 heterocycles. The summed E-state index contributed by atoms with van der Waals surface area (Å²) in [6.07, 6.45) is 2.27. The van der Waals surface area contributed by atoms with Crippen LogP contribution >= 0.6 is 0 Å². The summed E-state index contributed by atoms with van der Waals surface area (Å²) in [6.45, 7) is 8.34. The largest absolute Gasteiger partial charge is 0.381 e. The van der Waals surface area contributed by atoms with Gasteiger partial charge in [0.15, 0.2) is 9.84 Å². The Bertz CT molecular complexity index is 996. The Labute approximate surface area is 178 Å². The molecule has 0 bridgehead atoms. The number of sulfone groups is 1. The van der Waals surface area contributed by atoms with Gasteiger partial charge in [0, 0.05) is 44.2 Å². The number of likely N-dealkylation sites (tertiary alicyclic amines) is 1. The van der Waals surface area contributed by atoms with Crippen LogP contribution in [-0.2, 0) is 22.9 Å². The van der Waals surface area contributed by atoms with E-state index in [1.807, 2.05) is 0 Å². The number of anilines is 1. The zero-order valence-corrected chi connectivity index (χ0v) is 18.5. The summed E-state index contributed by atoms with van der Waals surface area (Å²) in [7, 11) is -3.70. The number of nitrogens with zero attached hydrogens (tertiary/aromatic N) is 2. The molecule has 0 aromatic heterocycles. The fourth-order valence-corrected chi connectivity index (χ4v) is 5.08. The van der Waals surface area contributed by atoms with E-state index in [0.29, 0.717) is 12.2 Å². The van der Waals surface area contributed by atoms with Crippen molar-refractivity contribution in [1.29, 1.82) is 0 Å². The van der Waals surface area contributed by atoms with Gasteiger partial charge in [0.05, 0.1) is 4.92 Å². The highest BCUT2D eigenvalue weighted by Crippen LogP contribution is 2.27. The van der Waals surface area contributed by atoms with Crippen LogP contribution in [0.4, 0.5) is 11.4 Å². The average molecular weight is 432 g/mol. The van der Waals surface area contributed by atoms with Crippen molar-refractivity contribution in [2.75, 3.05) is 24.7 Å². The molecule has 1 saturated heterocycles. The molecular formula is C22H29N3O4S. The number of hydrogen-bond donors (Lipinski definition) is 1. The maximum atomic E-state index is 11.9. The van der Waals surface area contributed by atoms with Crippen LogP contribution in [0.5, 0.6) is 0 Å². The molecule has 2 unspecified atom stereocenters. The molecule has 0 amide bonds. The van der Waals surface area contributed by atoms with Crippen LogP contribution in [-0.4, -0.2) is 37.6 Å². The molecule has 1 aliphatic rings. The normalized spacial score (nSPS) is 20.1. The monoisotopic (exact) mass is 431 g/mol. The zero-order chi connectivity index (χ0) is 21.9. The Morgan fingerprint density at radius 3 is 2.23 bits per heavy atom. The van der Waals surface area contributed by atoms with Gasteiger partial charge in [-0.05, 0) is 41.5 Å². The van der Waals surface area contributed by atoms with Gasteiger partial charge < -0.3 is 5.32 Å². The quantitative estimate of drug-likeness (QED) is 0.524. The minimum absolute atomic E-state index is 0.280. The van der Waals surface area contributed by atoms with E-state index in [-0.39, 0.29) is 4.90 Å². The smallest absolute Gasteiger partial charge is 0.288 e. The molecule has 8 heteroatoms. The molecule has 2 atom stereocenters. The second-order valence-corrected chi connectivity index (χ2v) is 10.5. The Morgan fingerprint density at radius 2 is 1.67 bits per heavy atom. The summed E-state index contributed by atoms with van der Waals surface area (Å²) in [5.41, 5.74) is 2.45. The molecule has 3 rings (SSSR count). The molecule has 1 fully saturated rings. The third kappa shape index (κ3) is 5.79. The SMILES string of the molecule is CC1CC(C)CN(Cc2ccc(CNc3ccc([N+](=O)[O-])c(S(C)(=O)=O)c3)cc2)C1. The minimum atomic E-state index is -3.70. The van der Waals surface area contributed by atoms with Crippen LogP contribution < -0.4 is 5.32 Å². The van der Waals surface area contributed by atoms with Crippen LogP contribution in [0.3, 0.4) is 0 Å². The number of nitro groups is 1. The fraction of sp³-hybridized carbons (Fsp3) is 0.455. The number of benzene rings is 2. The topological polar surface area (TPSA) is 92.5 Å². The second-order valence-electron chi connectivity index (χ2n) is 8.52. The van der Waals surface area contributed by atoms with E-state index in [1.54, 1.807) is 0 Å². The number of hydrogen-bond acceptors (Lipinski definition) is 6. The number of nitro benzene ring substituents is 1. The zero-order valence-electron chi connectivity index (χ0n) is 17.7. The molecule has 0 spiro atoms. The summed E-state index contributed by atoms with van der Waals surface area (Å²) < 4.78 is 23.8. The van der Waals surface area contributed by atoms with E-state index >= 15 is 0 Å². The third-order valence-electron chi connectivity index (χ3n) is 5.43. The van der Waals surface area contributed by atoms with Gasteiger partial charge in [-0.3, -0.25) is 15.0 Å². The predicted molar refractivity (Wildman–Crippen MR) is 118 cm³/mol. The number of nitrogens with one attached hydrogen (secondary N) is 1. The van der Waals surface area contributed by atoms with Crippen molar-refractivity contribution in [3.05, 3.63) is 63.7 Å². The lowest BCUT2D eigenvalue weighted by Gasteiger charge is -2.35. The van der Waals surface area contributed by atoms with Crippen LogP contribution in [0.1, 0.15) is 31.4 Å². The highest BCUT2D eigenvalue weighted by molar-refractivity contribution is 7.90. The molecule has 162 valence electrons. The van der Waals surface area contributed by atoms with Gasteiger partial charge in [-0.25, -0.2) is 8.42 Å². The summed E-state index contributed by atoms with van der Waals surface area (Å²) in [4.78, 5) is 12.6. The Kier molecular flexibility index (Phi) is 6.77. The Morgan fingerprint density at radius 1 is 1.07 bits per heavy atom. The van der Waals surface area contributed by atoms with Crippen molar-refractivity contribution >= 4 is 21.2 Å². The lowest BCUT2D eigenvalue weighted by Crippen LogP contribution is -2.38. The first-order valence-electron chi connectivity index (χ1n) is 10.1. The van der Waals surface area contributed by atoms with Crippen LogP contribution in [0.15, 0.2) is 47.4 Å². The lowest BCUT2D eigenvalue weighted by molar-refractivity contribution is -0.387. The van der Waals surface area contributed by atoms with Gasteiger partial charge in [-0.1, -0.05) is 38.1 Å². The van der Waals surface area contributed by atoms with Crippen molar-refractivity contribution in [1.82, 2.24) is 4.90 Å². The molecular weight excluding hydrogens is 402 g/mol. The van der Waals surface area contributed by atoms with Crippen LogP contribution in [0.2, 0.25) is 0 Å². The molecule has 0 aliphatic carbocycles. The van der Waals surface area contributed by atoms with Gasteiger partial charge in [0.25, 0.3) is 5.69 Å². The van der Waals surface area contributed by atoms with Gasteiger partial charge in [0.2, 0.25) is 0 Å². The summed E-state index contributed by atoms with van der Waals surface area (Å²) in [5.74, 6) is 1.46. The maximum absolute atomic E-state index is 11.9. The molecule has 1 N–H and O–H groups in total. The first kappa shape index (κ1) is 22.2. The molecule has 2 aromatic carbocycles. The van der Waals surface area contributed by atoms with E-state index in [9.17, 15) is 18.5 Å². The standard InChI is InChI=1S/C22H29N3O4S/c1-16-10-17(2)14-24(13-16)15-19-6-4-18(5-7-19)12-23-20-8-9-21(25(26)27)22(11-20)30(3,28)29/h4-9,11,16-17,23H,10,12-15H2,1-3H3. The van der Waals surface area contributed by atoms with Crippen molar-refractivity contribution in [2.24, 2.45) is 11.8 Å². The summed E-state index contributed by atoms with van der Waals surface area (Å²) >= 11 is 0. The Hall–Kier alpha value is -2.45. The number of rotatable bonds is 7. The molecule has 0 saturated carbocycles. The summed E-state index contributed by atoms with van der Waals surface area (Å²) in [5, 5.41) is 14.2. The minimum Gasteiger partial charge on any atom is -0.381 e. The van der Waals surface area contributed by atoms with Crippen LogP contribution in [0, 0.1) is 22.0 Å². The van der Waals surface area contributed by atoms with E-state index < -0.39 is 20.4 Å². The van der Waals surface area contributed by atoms with Crippen LogP contribution in [0.25, 0.3) is 0 Å². The van der Waals surface area contributed by atoms with E-state index in [2.05, 4.69) is 48.3 Å². The van der Waals surface area contributed by atoms with E-state index in [1.165, 1.54) is 30.2 Å². The molecule has 30 heavy (non-hydrogen) atoms. The molecule has 7 nitrogen and oxygen atoms in total. The first-order chi connectivity index (χ1) is 14.1. The molecule has 0 radical (unpaired) electrons. The van der Waals surface area contributed by atoms with Crippen molar-refractivity contribution < 1.29 is 13.3 Å². The van der Waals surface area contributed by atoms with Gasteiger partial charge in [0.1, 0.15) is 4.90 Å². The van der Waals surface area contributed by atoms with E-state index in [0.717, 1.165) is 43.3 Å². The van der Waals surface area contributed by atoms with E-state index in [4.69, 9.17) is 0 Å². The van der Waals surface area contributed by atoms with Gasteiger partial charge >= 0.3 is 0 Å². The predicted octanol–water partition coefficient (Wildman–Crippen LogP) is 4.09. The molecule has 1 aliphatic heterocycles. The van der Waals surface area contributed by atoms with Crippen molar-refractivity contribution in [2.45, 2.75) is 38.3 Å².